The normalized spacial score (nSPS) is 15.4. The van der Waals surface area contributed by atoms with Gasteiger partial charge in [0.1, 0.15) is 0 Å². The van der Waals surface area contributed by atoms with Gasteiger partial charge in [-0.3, -0.25) is 4.57 Å². The van der Waals surface area contributed by atoms with E-state index in [9.17, 15) is 4.57 Å². The lowest BCUT2D eigenvalue weighted by molar-refractivity contribution is 0.297. The maximum Gasteiger partial charge on any atom is 0.269 e. The van der Waals surface area contributed by atoms with Gasteiger partial charge in [-0.25, -0.2) is 4.67 Å². The van der Waals surface area contributed by atoms with Gasteiger partial charge in [-0.15, -0.1) is 29.8 Å². The van der Waals surface area contributed by atoms with Gasteiger partial charge in [0.05, 0.1) is 6.61 Å². The molecule has 0 saturated heterocycles. The summed E-state index contributed by atoms with van der Waals surface area (Å²) in [6.45, 7) is 6.36. The molecule has 0 N–H and O–H groups in total. The summed E-state index contributed by atoms with van der Waals surface area (Å²) in [6, 6.07) is 0. The summed E-state index contributed by atoms with van der Waals surface area (Å²) < 4.78 is 18.9. The number of hydrogen-bond donors (Lipinski definition) is 0. The molecule has 0 radical (unpaired) electrons. The summed E-state index contributed by atoms with van der Waals surface area (Å²) in [7, 11) is -2.76. The molecule has 1 unspecified atom stereocenters. The zero-order valence-corrected chi connectivity index (χ0v) is 10.7. The van der Waals surface area contributed by atoms with E-state index in [-0.39, 0.29) is 6.61 Å². The molecule has 0 heterocycles. The Morgan fingerprint density at radius 2 is 1.93 bits per heavy atom. The molecule has 0 aromatic rings. The zero-order chi connectivity index (χ0) is 11.0. The summed E-state index contributed by atoms with van der Waals surface area (Å²) in [5, 5.41) is 0. The van der Waals surface area contributed by atoms with Crippen LogP contribution in [0.2, 0.25) is 0 Å². The number of rotatable bonds is 8. The molecule has 0 aromatic carbocycles. The Bertz CT molecular complexity index is 208. The molecule has 0 aliphatic carbocycles. The van der Waals surface area contributed by atoms with E-state index >= 15 is 0 Å². The van der Waals surface area contributed by atoms with Gasteiger partial charge in [0.25, 0.3) is 7.52 Å². The maximum atomic E-state index is 12.0. The van der Waals surface area contributed by atoms with Crippen molar-refractivity contribution < 1.29 is 9.09 Å². The van der Waals surface area contributed by atoms with Gasteiger partial charge in [-0.1, -0.05) is 6.08 Å². The Kier molecular flexibility index (Phi) is 7.98. The summed E-state index contributed by atoms with van der Waals surface area (Å²) in [6.07, 6.45) is 1.57. The van der Waals surface area contributed by atoms with Gasteiger partial charge in [0.15, 0.2) is 0 Å². The summed E-state index contributed by atoms with van der Waals surface area (Å²) in [5.74, 6) is 0.818. The van der Waals surface area contributed by atoms with E-state index in [2.05, 4.69) is 6.58 Å². The van der Waals surface area contributed by atoms with Gasteiger partial charge in [-0.2, -0.15) is 0 Å². The molecule has 0 saturated carbocycles. The van der Waals surface area contributed by atoms with Crippen molar-refractivity contribution in [2.75, 3.05) is 38.1 Å². The van der Waals surface area contributed by atoms with E-state index in [1.165, 1.54) is 0 Å². The lowest BCUT2D eigenvalue weighted by Gasteiger charge is -2.26. The topological polar surface area (TPSA) is 29.5 Å². The van der Waals surface area contributed by atoms with Crippen LogP contribution in [0.5, 0.6) is 0 Å². The van der Waals surface area contributed by atoms with Crippen molar-refractivity contribution in [3.63, 3.8) is 0 Å². The second-order valence-corrected chi connectivity index (χ2v) is 5.90. The first-order valence-corrected chi connectivity index (χ1v) is 7.38. The van der Waals surface area contributed by atoms with E-state index in [1.807, 2.05) is 0 Å². The fraction of sp³-hybridized carbons (Fsp3) is 0.750. The molecule has 6 heteroatoms. The molecule has 0 aliphatic rings. The monoisotopic (exact) mass is 259 g/mol. The highest BCUT2D eigenvalue weighted by atomic mass is 35.5. The predicted octanol–water partition coefficient (Wildman–Crippen LogP) is 2.79. The summed E-state index contributed by atoms with van der Waals surface area (Å²) >= 11 is 11.2. The van der Waals surface area contributed by atoms with Crippen molar-refractivity contribution in [3.05, 3.63) is 12.7 Å². The van der Waals surface area contributed by atoms with Crippen molar-refractivity contribution in [3.8, 4) is 0 Å². The fourth-order valence-electron chi connectivity index (χ4n) is 0.943. The Labute approximate surface area is 95.5 Å². The van der Waals surface area contributed by atoms with E-state index in [4.69, 9.17) is 27.7 Å². The highest BCUT2D eigenvalue weighted by molar-refractivity contribution is 7.55. The lowest BCUT2D eigenvalue weighted by atomic mass is 10.6. The van der Waals surface area contributed by atoms with Crippen LogP contribution in [0.25, 0.3) is 0 Å². The lowest BCUT2D eigenvalue weighted by Crippen LogP contribution is -2.25. The van der Waals surface area contributed by atoms with Crippen LogP contribution < -0.4 is 0 Å². The van der Waals surface area contributed by atoms with Crippen LogP contribution in [0, 0.1) is 0 Å². The van der Waals surface area contributed by atoms with Gasteiger partial charge >= 0.3 is 0 Å². The SMILES string of the molecule is C=CCOP(C)(=O)N(CCCl)CCCl. The molecule has 84 valence electrons. The van der Waals surface area contributed by atoms with Crippen molar-refractivity contribution in [1.82, 2.24) is 4.67 Å². The van der Waals surface area contributed by atoms with Gasteiger partial charge in [-0.05, 0) is 0 Å². The van der Waals surface area contributed by atoms with Crippen molar-refractivity contribution >= 4 is 30.7 Å². The molecular weight excluding hydrogens is 244 g/mol. The van der Waals surface area contributed by atoms with Crippen LogP contribution in [0.15, 0.2) is 12.7 Å². The van der Waals surface area contributed by atoms with E-state index in [1.54, 1.807) is 17.4 Å². The number of nitrogens with zero attached hydrogens (tertiary/aromatic N) is 1. The Morgan fingerprint density at radius 1 is 1.43 bits per heavy atom. The summed E-state index contributed by atoms with van der Waals surface area (Å²) in [4.78, 5) is 0. The molecule has 14 heavy (non-hydrogen) atoms. The minimum Gasteiger partial charge on any atom is -0.313 e. The Morgan fingerprint density at radius 3 is 2.29 bits per heavy atom. The molecule has 0 bridgehead atoms. The predicted molar refractivity (Wildman–Crippen MR) is 62.7 cm³/mol. The number of halogens is 2. The molecule has 0 rings (SSSR count). The van der Waals surface area contributed by atoms with Crippen molar-refractivity contribution in [2.24, 2.45) is 0 Å². The molecular formula is C8H16Cl2NO2P. The Balaban J connectivity index is 4.28. The number of alkyl halides is 2. The minimum atomic E-state index is -2.76. The molecule has 0 amide bonds. The third kappa shape index (κ3) is 5.38. The van der Waals surface area contributed by atoms with Gasteiger partial charge in [0, 0.05) is 31.5 Å². The summed E-state index contributed by atoms with van der Waals surface area (Å²) in [5.41, 5.74) is 0. The van der Waals surface area contributed by atoms with E-state index in [0.717, 1.165) is 0 Å². The van der Waals surface area contributed by atoms with Crippen LogP contribution >= 0.6 is 30.7 Å². The van der Waals surface area contributed by atoms with Crippen LogP contribution in [0.3, 0.4) is 0 Å². The first-order chi connectivity index (χ1) is 6.58. The zero-order valence-electron chi connectivity index (χ0n) is 8.29. The van der Waals surface area contributed by atoms with E-state index in [0.29, 0.717) is 24.8 Å². The largest absolute Gasteiger partial charge is 0.313 e. The second-order valence-electron chi connectivity index (χ2n) is 2.72. The third-order valence-corrected chi connectivity index (χ3v) is 4.02. The third-order valence-electron chi connectivity index (χ3n) is 1.63. The fourth-order valence-corrected chi connectivity index (χ4v) is 3.06. The average molecular weight is 260 g/mol. The van der Waals surface area contributed by atoms with Crippen LogP contribution in [-0.2, 0) is 9.09 Å². The van der Waals surface area contributed by atoms with E-state index < -0.39 is 7.52 Å². The first-order valence-electron chi connectivity index (χ1n) is 4.28. The Hall–Kier alpha value is 0.470. The smallest absolute Gasteiger partial charge is 0.269 e. The van der Waals surface area contributed by atoms with Gasteiger partial charge in [0.2, 0.25) is 0 Å². The molecule has 0 spiro atoms. The molecule has 1 atom stereocenters. The quantitative estimate of drug-likeness (QED) is 0.382. The average Bonchev–Trinajstić information content (AvgIpc) is 2.14. The highest BCUT2D eigenvalue weighted by Crippen LogP contribution is 2.46. The van der Waals surface area contributed by atoms with Gasteiger partial charge < -0.3 is 4.52 Å². The van der Waals surface area contributed by atoms with Crippen LogP contribution in [0.4, 0.5) is 0 Å². The standard InChI is InChI=1S/C8H16Cl2NO2P/c1-3-8-13-14(2,12)11(6-4-9)7-5-10/h3H,1,4-8H2,2H3. The second kappa shape index (κ2) is 7.72. The molecule has 0 fully saturated rings. The molecule has 3 nitrogen and oxygen atoms in total. The number of hydrogen-bond acceptors (Lipinski definition) is 2. The highest BCUT2D eigenvalue weighted by Gasteiger charge is 2.24. The minimum absolute atomic E-state index is 0.273. The molecule has 0 aromatic heterocycles. The van der Waals surface area contributed by atoms with Crippen molar-refractivity contribution in [1.29, 1.82) is 0 Å². The van der Waals surface area contributed by atoms with Crippen molar-refractivity contribution in [2.45, 2.75) is 0 Å². The maximum absolute atomic E-state index is 12.0. The van der Waals surface area contributed by atoms with Crippen LogP contribution in [-0.4, -0.2) is 42.8 Å². The molecule has 0 aliphatic heterocycles. The van der Waals surface area contributed by atoms with Crippen LogP contribution in [0.1, 0.15) is 0 Å². The first kappa shape index (κ1) is 14.5.